The summed E-state index contributed by atoms with van der Waals surface area (Å²) in [6.07, 6.45) is 0. The Hall–Kier alpha value is -2.04. The summed E-state index contributed by atoms with van der Waals surface area (Å²) in [7, 11) is -3.86. The fourth-order valence-corrected chi connectivity index (χ4v) is 4.08. The van der Waals surface area contributed by atoms with Crippen molar-refractivity contribution >= 4 is 21.6 Å². The van der Waals surface area contributed by atoms with Crippen molar-refractivity contribution in [3.63, 3.8) is 0 Å². The van der Waals surface area contributed by atoms with Crippen LogP contribution in [-0.2, 0) is 14.8 Å². The summed E-state index contributed by atoms with van der Waals surface area (Å²) in [5.41, 5.74) is 5.33. The second-order valence-electron chi connectivity index (χ2n) is 7.33. The lowest BCUT2D eigenvalue weighted by Gasteiger charge is -2.37. The molecule has 0 radical (unpaired) electrons. The molecule has 0 aromatic heterocycles. The third kappa shape index (κ3) is 4.19. The summed E-state index contributed by atoms with van der Waals surface area (Å²) in [6.45, 7) is 6.32. The molecule has 9 nitrogen and oxygen atoms in total. The molecule has 1 atom stereocenters. The van der Waals surface area contributed by atoms with Crippen LogP contribution >= 0.6 is 0 Å². The third-order valence-electron chi connectivity index (χ3n) is 4.42. The van der Waals surface area contributed by atoms with Crippen molar-refractivity contribution in [3.05, 3.63) is 34.4 Å². The Bertz CT molecular complexity index is 795. The number of sulfonamides is 1. The Balaban J connectivity index is 2.10. The van der Waals surface area contributed by atoms with Crippen molar-refractivity contribution in [2.24, 2.45) is 11.1 Å². The lowest BCUT2D eigenvalue weighted by Crippen LogP contribution is -2.56. The second kappa shape index (κ2) is 7.29. The predicted octanol–water partition coefficient (Wildman–Crippen LogP) is 0.801. The summed E-state index contributed by atoms with van der Waals surface area (Å²) >= 11 is 0. The van der Waals surface area contributed by atoms with E-state index in [4.69, 9.17) is 5.73 Å². The Morgan fingerprint density at radius 3 is 2.31 bits per heavy atom. The zero-order valence-corrected chi connectivity index (χ0v) is 15.9. The Morgan fingerprint density at radius 1 is 1.23 bits per heavy atom. The number of nitrogens with zero attached hydrogens (tertiary/aromatic N) is 3. The molecule has 1 aliphatic rings. The number of nitrogens with two attached hydrogens (primary N) is 1. The van der Waals surface area contributed by atoms with Gasteiger partial charge in [0.25, 0.3) is 5.69 Å². The first-order valence-corrected chi connectivity index (χ1v) is 9.67. The number of benzene rings is 1. The van der Waals surface area contributed by atoms with E-state index >= 15 is 0 Å². The molecule has 1 aromatic carbocycles. The number of hydrogen-bond acceptors (Lipinski definition) is 6. The van der Waals surface area contributed by atoms with Crippen LogP contribution in [0.25, 0.3) is 0 Å². The summed E-state index contributed by atoms with van der Waals surface area (Å²) < 4.78 is 26.6. The van der Waals surface area contributed by atoms with Crippen molar-refractivity contribution in [1.29, 1.82) is 0 Å². The van der Waals surface area contributed by atoms with Gasteiger partial charge >= 0.3 is 0 Å². The molecule has 2 rings (SSSR count). The molecular weight excluding hydrogens is 360 g/mol. The molecule has 1 heterocycles. The SMILES string of the molecule is CC(C)(C)[C@H](N)C(=O)N1CCN(S(=O)(=O)c2cccc([N+](=O)[O-])c2)CC1. The number of carbonyl (C=O) groups excluding carboxylic acids is 1. The molecule has 0 aliphatic carbocycles. The molecule has 0 unspecified atom stereocenters. The van der Waals surface area contributed by atoms with E-state index in [1.54, 1.807) is 4.90 Å². The Morgan fingerprint density at radius 2 is 1.81 bits per heavy atom. The van der Waals surface area contributed by atoms with Crippen molar-refractivity contribution < 1.29 is 18.1 Å². The summed E-state index contributed by atoms with van der Waals surface area (Å²) in [5, 5.41) is 10.9. The molecule has 2 N–H and O–H groups in total. The average molecular weight is 384 g/mol. The van der Waals surface area contributed by atoms with Crippen LogP contribution in [0.5, 0.6) is 0 Å². The minimum Gasteiger partial charge on any atom is -0.339 e. The van der Waals surface area contributed by atoms with Gasteiger partial charge in [0.15, 0.2) is 0 Å². The van der Waals surface area contributed by atoms with E-state index in [1.165, 1.54) is 22.5 Å². The highest BCUT2D eigenvalue weighted by Crippen LogP contribution is 2.23. The van der Waals surface area contributed by atoms with Gasteiger partial charge in [-0.15, -0.1) is 0 Å². The molecule has 0 bridgehead atoms. The molecule has 1 amide bonds. The van der Waals surface area contributed by atoms with Gasteiger partial charge in [0, 0.05) is 38.3 Å². The summed E-state index contributed by atoms with van der Waals surface area (Å²) in [4.78, 5) is 24.1. The molecule has 1 aliphatic heterocycles. The van der Waals surface area contributed by atoms with Crippen molar-refractivity contribution in [2.45, 2.75) is 31.7 Å². The van der Waals surface area contributed by atoms with Gasteiger partial charge in [-0.1, -0.05) is 26.8 Å². The van der Waals surface area contributed by atoms with Gasteiger partial charge in [-0.3, -0.25) is 14.9 Å². The van der Waals surface area contributed by atoms with E-state index < -0.39 is 21.0 Å². The molecule has 10 heteroatoms. The van der Waals surface area contributed by atoms with Crippen LogP contribution < -0.4 is 5.73 Å². The van der Waals surface area contributed by atoms with E-state index in [0.717, 1.165) is 6.07 Å². The Kier molecular flexibility index (Phi) is 5.69. The first-order chi connectivity index (χ1) is 11.9. The molecule has 0 spiro atoms. The second-order valence-corrected chi connectivity index (χ2v) is 9.27. The van der Waals surface area contributed by atoms with Gasteiger partial charge in [0.1, 0.15) is 0 Å². The van der Waals surface area contributed by atoms with Crippen LogP contribution in [0.3, 0.4) is 0 Å². The van der Waals surface area contributed by atoms with Crippen molar-refractivity contribution in [1.82, 2.24) is 9.21 Å². The average Bonchev–Trinajstić information content (AvgIpc) is 2.59. The van der Waals surface area contributed by atoms with Crippen molar-refractivity contribution in [2.75, 3.05) is 26.2 Å². The molecular formula is C16H24N4O5S. The highest BCUT2D eigenvalue weighted by atomic mass is 32.2. The van der Waals surface area contributed by atoms with E-state index in [-0.39, 0.29) is 48.1 Å². The van der Waals surface area contributed by atoms with E-state index in [0.29, 0.717) is 0 Å². The number of piperazine rings is 1. The van der Waals surface area contributed by atoms with Crippen LogP contribution in [-0.4, -0.2) is 60.7 Å². The molecule has 0 saturated carbocycles. The first kappa shape index (κ1) is 20.3. The third-order valence-corrected chi connectivity index (χ3v) is 6.31. The smallest absolute Gasteiger partial charge is 0.270 e. The van der Waals surface area contributed by atoms with Gasteiger partial charge < -0.3 is 10.6 Å². The van der Waals surface area contributed by atoms with Gasteiger partial charge in [-0.25, -0.2) is 8.42 Å². The Labute approximate surface area is 153 Å². The monoisotopic (exact) mass is 384 g/mol. The number of nitro groups is 1. The van der Waals surface area contributed by atoms with Gasteiger partial charge in [-0.05, 0) is 11.5 Å². The van der Waals surface area contributed by atoms with E-state index in [2.05, 4.69) is 0 Å². The van der Waals surface area contributed by atoms with Crippen molar-refractivity contribution in [3.8, 4) is 0 Å². The minimum atomic E-state index is -3.86. The summed E-state index contributed by atoms with van der Waals surface area (Å²) in [6, 6.07) is 4.29. The normalized spacial score (nSPS) is 17.8. The maximum atomic E-state index is 12.7. The predicted molar refractivity (Wildman–Crippen MR) is 95.9 cm³/mol. The number of carbonyl (C=O) groups is 1. The minimum absolute atomic E-state index is 0.119. The molecule has 26 heavy (non-hydrogen) atoms. The van der Waals surface area contributed by atoms with Crippen LogP contribution in [0.15, 0.2) is 29.2 Å². The van der Waals surface area contributed by atoms with Gasteiger partial charge in [-0.2, -0.15) is 4.31 Å². The maximum Gasteiger partial charge on any atom is 0.270 e. The quantitative estimate of drug-likeness (QED) is 0.604. The summed E-state index contributed by atoms with van der Waals surface area (Å²) in [5.74, 6) is -0.204. The van der Waals surface area contributed by atoms with E-state index in [1.807, 2.05) is 20.8 Å². The highest BCUT2D eigenvalue weighted by Gasteiger charge is 2.35. The number of non-ortho nitro benzene ring substituents is 1. The van der Waals surface area contributed by atoms with E-state index in [9.17, 15) is 23.3 Å². The largest absolute Gasteiger partial charge is 0.339 e. The van der Waals surface area contributed by atoms with Gasteiger partial charge in [0.2, 0.25) is 15.9 Å². The van der Waals surface area contributed by atoms with Crippen LogP contribution in [0.4, 0.5) is 5.69 Å². The van der Waals surface area contributed by atoms with Crippen LogP contribution in [0, 0.1) is 15.5 Å². The fraction of sp³-hybridized carbons (Fsp3) is 0.562. The number of rotatable bonds is 4. The number of nitro benzene ring substituents is 1. The lowest BCUT2D eigenvalue weighted by atomic mass is 9.86. The zero-order valence-electron chi connectivity index (χ0n) is 15.1. The zero-order chi connectivity index (χ0) is 19.7. The molecule has 1 aromatic rings. The van der Waals surface area contributed by atoms with Gasteiger partial charge in [0.05, 0.1) is 15.9 Å². The standard InChI is InChI=1S/C16H24N4O5S/c1-16(2,3)14(17)15(21)18-7-9-19(10-8-18)26(24,25)13-6-4-5-12(11-13)20(22)23/h4-6,11,14H,7-10,17H2,1-3H3/t14-/m1/s1. The number of amides is 1. The maximum absolute atomic E-state index is 12.7. The first-order valence-electron chi connectivity index (χ1n) is 8.23. The molecule has 1 fully saturated rings. The van der Waals surface area contributed by atoms with Crippen LogP contribution in [0.2, 0.25) is 0 Å². The topological polar surface area (TPSA) is 127 Å². The van der Waals surface area contributed by atoms with Crippen LogP contribution in [0.1, 0.15) is 20.8 Å². The lowest BCUT2D eigenvalue weighted by molar-refractivity contribution is -0.385. The highest BCUT2D eigenvalue weighted by molar-refractivity contribution is 7.89. The molecule has 1 saturated heterocycles. The fourth-order valence-electron chi connectivity index (χ4n) is 2.62. The number of hydrogen-bond donors (Lipinski definition) is 1. The molecule has 144 valence electrons.